The van der Waals surface area contributed by atoms with Crippen molar-refractivity contribution in [3.05, 3.63) is 42.5 Å². The number of carbonyl (C=O) groups excluding carboxylic acids is 1. The zero-order chi connectivity index (χ0) is 17.1. The van der Waals surface area contributed by atoms with Gasteiger partial charge in [0.1, 0.15) is 0 Å². The molecule has 0 atom stereocenters. The van der Waals surface area contributed by atoms with Gasteiger partial charge in [-0.25, -0.2) is 0 Å². The van der Waals surface area contributed by atoms with Crippen molar-refractivity contribution in [3.8, 4) is 0 Å². The Morgan fingerprint density at radius 2 is 1.91 bits per heavy atom. The quantitative estimate of drug-likeness (QED) is 0.657. The lowest BCUT2D eigenvalue weighted by atomic mass is 10.0. The van der Waals surface area contributed by atoms with Crippen LogP contribution in [0.1, 0.15) is 32.3 Å². The molecule has 2 rings (SSSR count). The molecule has 1 N–H and O–H groups in total. The highest BCUT2D eigenvalue weighted by molar-refractivity contribution is 7.98. The topological polar surface area (TPSA) is 32.3 Å². The molecule has 0 aliphatic carbocycles. The SMILES string of the molecule is C=CC.CCN(C(=O)Cc1ccc(SC)cc1)C1CCNCC1. The van der Waals surface area contributed by atoms with Crippen molar-refractivity contribution in [1.29, 1.82) is 0 Å². The van der Waals surface area contributed by atoms with Gasteiger partial charge in [0.2, 0.25) is 5.91 Å². The molecule has 0 spiro atoms. The Morgan fingerprint density at radius 3 is 2.39 bits per heavy atom. The van der Waals surface area contributed by atoms with Crippen LogP contribution in [0.5, 0.6) is 0 Å². The summed E-state index contributed by atoms with van der Waals surface area (Å²) in [5.74, 6) is 0.260. The van der Waals surface area contributed by atoms with Crippen molar-refractivity contribution in [2.75, 3.05) is 25.9 Å². The number of piperidine rings is 1. The molecule has 1 amide bonds. The van der Waals surface area contributed by atoms with E-state index in [1.807, 2.05) is 6.92 Å². The molecule has 1 aromatic rings. The van der Waals surface area contributed by atoms with Gasteiger partial charge < -0.3 is 10.2 Å². The second-order valence-corrected chi connectivity index (χ2v) is 6.47. The second-order valence-electron chi connectivity index (χ2n) is 5.59. The highest BCUT2D eigenvalue weighted by Gasteiger charge is 2.23. The van der Waals surface area contributed by atoms with Gasteiger partial charge >= 0.3 is 0 Å². The first-order chi connectivity index (χ1) is 11.2. The molecular formula is C19H30N2OS. The van der Waals surface area contributed by atoms with Gasteiger partial charge in [-0.05, 0) is 63.7 Å². The molecule has 1 aliphatic heterocycles. The van der Waals surface area contributed by atoms with E-state index in [9.17, 15) is 4.79 Å². The molecule has 23 heavy (non-hydrogen) atoms. The second kappa shape index (κ2) is 11.3. The maximum atomic E-state index is 12.5. The van der Waals surface area contributed by atoms with Gasteiger partial charge in [-0.15, -0.1) is 18.3 Å². The minimum absolute atomic E-state index is 0.260. The number of rotatable bonds is 5. The summed E-state index contributed by atoms with van der Waals surface area (Å²) in [4.78, 5) is 15.8. The van der Waals surface area contributed by atoms with E-state index in [1.54, 1.807) is 17.8 Å². The van der Waals surface area contributed by atoms with Crippen molar-refractivity contribution in [3.63, 3.8) is 0 Å². The molecule has 1 aromatic carbocycles. The van der Waals surface area contributed by atoms with Crippen LogP contribution in [0.3, 0.4) is 0 Å². The summed E-state index contributed by atoms with van der Waals surface area (Å²) >= 11 is 1.73. The average molecular weight is 335 g/mol. The molecule has 4 heteroatoms. The lowest BCUT2D eigenvalue weighted by Gasteiger charge is -2.34. The predicted octanol–water partition coefficient (Wildman–Crippen LogP) is 3.74. The van der Waals surface area contributed by atoms with Crippen molar-refractivity contribution in [2.45, 2.75) is 44.0 Å². The highest BCUT2D eigenvalue weighted by atomic mass is 32.2. The number of hydrogen-bond acceptors (Lipinski definition) is 3. The van der Waals surface area contributed by atoms with E-state index in [-0.39, 0.29) is 5.91 Å². The number of allylic oxidation sites excluding steroid dienone is 1. The molecule has 0 unspecified atom stereocenters. The number of amides is 1. The van der Waals surface area contributed by atoms with Gasteiger partial charge in [0.15, 0.2) is 0 Å². The summed E-state index contributed by atoms with van der Waals surface area (Å²) < 4.78 is 0. The third kappa shape index (κ3) is 6.80. The maximum Gasteiger partial charge on any atom is 0.227 e. The monoisotopic (exact) mass is 334 g/mol. The van der Waals surface area contributed by atoms with E-state index < -0.39 is 0 Å². The first-order valence-electron chi connectivity index (χ1n) is 8.36. The first-order valence-corrected chi connectivity index (χ1v) is 9.58. The minimum atomic E-state index is 0.260. The van der Waals surface area contributed by atoms with Crippen molar-refractivity contribution >= 4 is 17.7 Å². The fourth-order valence-electron chi connectivity index (χ4n) is 2.78. The highest BCUT2D eigenvalue weighted by Crippen LogP contribution is 2.17. The molecule has 1 fully saturated rings. The fourth-order valence-corrected chi connectivity index (χ4v) is 3.18. The lowest BCUT2D eigenvalue weighted by Crippen LogP contribution is -2.46. The number of nitrogens with zero attached hydrogens (tertiary/aromatic N) is 1. The number of likely N-dealkylation sites (N-methyl/N-ethyl adjacent to an activating group) is 1. The smallest absolute Gasteiger partial charge is 0.227 e. The maximum absolute atomic E-state index is 12.5. The molecule has 0 aromatic heterocycles. The normalized spacial score (nSPS) is 14.6. The van der Waals surface area contributed by atoms with Crippen LogP contribution in [-0.4, -0.2) is 42.7 Å². The fraction of sp³-hybridized carbons (Fsp3) is 0.526. The van der Waals surface area contributed by atoms with Crippen LogP contribution in [0.2, 0.25) is 0 Å². The van der Waals surface area contributed by atoms with E-state index in [2.05, 4.69) is 54.2 Å². The molecular weight excluding hydrogens is 304 g/mol. The number of hydrogen-bond donors (Lipinski definition) is 1. The van der Waals surface area contributed by atoms with E-state index in [1.165, 1.54) is 4.90 Å². The van der Waals surface area contributed by atoms with Crippen molar-refractivity contribution in [2.24, 2.45) is 0 Å². The molecule has 0 bridgehead atoms. The Labute approximate surface area is 145 Å². The summed E-state index contributed by atoms with van der Waals surface area (Å²) in [6.07, 6.45) is 6.48. The van der Waals surface area contributed by atoms with Gasteiger partial charge in [-0.1, -0.05) is 18.2 Å². The molecule has 3 nitrogen and oxygen atoms in total. The minimum Gasteiger partial charge on any atom is -0.340 e. The summed E-state index contributed by atoms with van der Waals surface area (Å²) in [6.45, 7) is 10.2. The van der Waals surface area contributed by atoms with E-state index >= 15 is 0 Å². The number of carbonyl (C=O) groups is 1. The van der Waals surface area contributed by atoms with Gasteiger partial charge in [-0.3, -0.25) is 4.79 Å². The molecule has 1 saturated heterocycles. The van der Waals surface area contributed by atoms with Crippen LogP contribution in [0.25, 0.3) is 0 Å². The van der Waals surface area contributed by atoms with Crippen LogP contribution in [-0.2, 0) is 11.2 Å². The Bertz CT molecular complexity index is 467. The number of benzene rings is 1. The van der Waals surface area contributed by atoms with Gasteiger partial charge in [0.05, 0.1) is 6.42 Å². The van der Waals surface area contributed by atoms with Crippen molar-refractivity contribution < 1.29 is 4.79 Å². The summed E-state index contributed by atoms with van der Waals surface area (Å²) in [5.41, 5.74) is 1.11. The third-order valence-corrected chi connectivity index (χ3v) is 4.67. The standard InChI is InChI=1S/C16H24N2OS.C3H6/c1-3-18(14-8-10-17-11-9-14)16(19)12-13-4-6-15(20-2)7-5-13;1-3-2/h4-7,14,17H,3,8-12H2,1-2H3;3H,1H2,2H3. The Hall–Kier alpha value is -1.26. The number of nitrogens with one attached hydrogen (secondary N) is 1. The van der Waals surface area contributed by atoms with Gasteiger partial charge in [0, 0.05) is 17.5 Å². The lowest BCUT2D eigenvalue weighted by molar-refractivity contribution is -0.133. The van der Waals surface area contributed by atoms with E-state index in [0.717, 1.165) is 38.0 Å². The zero-order valence-corrected chi connectivity index (χ0v) is 15.5. The summed E-state index contributed by atoms with van der Waals surface area (Å²) in [6, 6.07) is 8.74. The molecule has 0 radical (unpaired) electrons. The van der Waals surface area contributed by atoms with Gasteiger partial charge in [0.25, 0.3) is 0 Å². The third-order valence-electron chi connectivity index (χ3n) is 3.92. The van der Waals surface area contributed by atoms with Crippen molar-refractivity contribution in [1.82, 2.24) is 10.2 Å². The largest absolute Gasteiger partial charge is 0.340 e. The van der Waals surface area contributed by atoms with Crippen LogP contribution < -0.4 is 5.32 Å². The molecule has 128 valence electrons. The van der Waals surface area contributed by atoms with Crippen LogP contribution >= 0.6 is 11.8 Å². The summed E-state index contributed by atoms with van der Waals surface area (Å²) in [5, 5.41) is 3.35. The number of thioether (sulfide) groups is 1. The molecule has 1 aliphatic rings. The van der Waals surface area contributed by atoms with Gasteiger partial charge in [-0.2, -0.15) is 0 Å². The predicted molar refractivity (Wildman–Crippen MR) is 101 cm³/mol. The van der Waals surface area contributed by atoms with Crippen LogP contribution in [0.15, 0.2) is 41.8 Å². The first kappa shape index (κ1) is 19.8. The van der Waals surface area contributed by atoms with E-state index in [4.69, 9.17) is 0 Å². The Morgan fingerprint density at radius 1 is 1.35 bits per heavy atom. The zero-order valence-electron chi connectivity index (χ0n) is 14.7. The summed E-state index contributed by atoms with van der Waals surface area (Å²) in [7, 11) is 0. The Balaban J connectivity index is 0.000000816. The van der Waals surface area contributed by atoms with E-state index in [0.29, 0.717) is 12.5 Å². The van der Waals surface area contributed by atoms with Crippen LogP contribution in [0, 0.1) is 0 Å². The molecule has 1 heterocycles. The average Bonchev–Trinajstić information content (AvgIpc) is 2.58. The molecule has 0 saturated carbocycles. The van der Waals surface area contributed by atoms with Crippen LogP contribution in [0.4, 0.5) is 0 Å². The Kier molecular flexibility index (Phi) is 9.72.